The number of halogens is 1. The molecule has 11 heavy (non-hydrogen) atoms. The summed E-state index contributed by atoms with van der Waals surface area (Å²) in [5.74, 6) is 0.200. The van der Waals surface area contributed by atoms with E-state index in [4.69, 9.17) is 5.11 Å². The van der Waals surface area contributed by atoms with Gasteiger partial charge in [-0.2, -0.15) is 0 Å². The van der Waals surface area contributed by atoms with E-state index in [1.807, 2.05) is 0 Å². The Hall–Kier alpha value is -0.290. The molecule has 2 N–H and O–H groups in total. The Kier molecular flexibility index (Phi) is 3.14. The van der Waals surface area contributed by atoms with E-state index in [9.17, 15) is 5.11 Å². The van der Waals surface area contributed by atoms with Gasteiger partial charge in [0.2, 0.25) is 0 Å². The summed E-state index contributed by atoms with van der Waals surface area (Å²) in [4.78, 5) is 0. The first-order chi connectivity index (χ1) is 5.24. The second kappa shape index (κ2) is 3.92. The first-order valence-electron chi connectivity index (χ1n) is 3.27. The molecule has 0 amide bonds. The molecule has 0 aliphatic heterocycles. The monoisotopic (exact) mass is 264 g/mol. The zero-order chi connectivity index (χ0) is 8.27. The normalized spacial score (nSPS) is 12.9. The van der Waals surface area contributed by atoms with Gasteiger partial charge in [-0.25, -0.2) is 0 Å². The number of hydrogen-bond acceptors (Lipinski definition) is 2. The largest absolute Gasteiger partial charge is 0.508 e. The van der Waals surface area contributed by atoms with Gasteiger partial charge in [0.15, 0.2) is 0 Å². The van der Waals surface area contributed by atoms with E-state index in [-0.39, 0.29) is 5.75 Å². The van der Waals surface area contributed by atoms with Crippen LogP contribution in [0.15, 0.2) is 24.3 Å². The summed E-state index contributed by atoms with van der Waals surface area (Å²) in [6.07, 6.45) is -0.470. The number of aliphatic hydroxyl groups excluding tert-OH is 1. The SMILES string of the molecule is Oc1cccc([C@@H](O)CI)c1. The summed E-state index contributed by atoms with van der Waals surface area (Å²) in [7, 11) is 0. The van der Waals surface area contributed by atoms with Crippen molar-refractivity contribution in [2.45, 2.75) is 6.10 Å². The van der Waals surface area contributed by atoms with E-state index in [2.05, 4.69) is 22.6 Å². The lowest BCUT2D eigenvalue weighted by Gasteiger charge is -2.06. The molecule has 0 bridgehead atoms. The molecule has 0 heterocycles. The Morgan fingerprint density at radius 1 is 1.45 bits per heavy atom. The molecule has 0 fully saturated rings. The molecule has 1 atom stereocenters. The summed E-state index contributed by atoms with van der Waals surface area (Å²) >= 11 is 2.10. The van der Waals surface area contributed by atoms with Crippen molar-refractivity contribution < 1.29 is 10.2 Å². The summed E-state index contributed by atoms with van der Waals surface area (Å²) in [5, 5.41) is 18.4. The fourth-order valence-corrected chi connectivity index (χ4v) is 1.33. The molecule has 60 valence electrons. The minimum atomic E-state index is -0.470. The van der Waals surface area contributed by atoms with Gasteiger partial charge in [0.05, 0.1) is 6.10 Å². The molecule has 0 saturated heterocycles. The Bertz CT molecular complexity index is 237. The molecule has 1 aromatic rings. The van der Waals surface area contributed by atoms with Crippen LogP contribution < -0.4 is 0 Å². The summed E-state index contributed by atoms with van der Waals surface area (Å²) in [6.45, 7) is 0. The molecule has 0 saturated carbocycles. The van der Waals surface area contributed by atoms with Crippen molar-refractivity contribution >= 4 is 22.6 Å². The average Bonchev–Trinajstić information content (AvgIpc) is 2.03. The van der Waals surface area contributed by atoms with E-state index in [1.54, 1.807) is 24.3 Å². The topological polar surface area (TPSA) is 40.5 Å². The quantitative estimate of drug-likeness (QED) is 0.632. The minimum Gasteiger partial charge on any atom is -0.508 e. The standard InChI is InChI=1S/C8H9IO2/c9-5-8(11)6-2-1-3-7(10)4-6/h1-4,8,10-11H,5H2/t8-/m0/s1. The Morgan fingerprint density at radius 3 is 2.73 bits per heavy atom. The highest BCUT2D eigenvalue weighted by atomic mass is 127. The predicted molar refractivity (Wildman–Crippen MR) is 52.0 cm³/mol. The number of phenols is 1. The van der Waals surface area contributed by atoms with Gasteiger partial charge in [-0.3, -0.25) is 0 Å². The van der Waals surface area contributed by atoms with Crippen LogP contribution in [0.2, 0.25) is 0 Å². The smallest absolute Gasteiger partial charge is 0.115 e. The lowest BCUT2D eigenvalue weighted by atomic mass is 10.1. The lowest BCUT2D eigenvalue weighted by Crippen LogP contribution is -1.96. The third kappa shape index (κ3) is 2.34. The molecule has 0 aliphatic rings. The molecule has 1 rings (SSSR count). The fraction of sp³-hybridized carbons (Fsp3) is 0.250. The van der Waals surface area contributed by atoms with Crippen molar-refractivity contribution in [3.05, 3.63) is 29.8 Å². The van der Waals surface area contributed by atoms with Crippen LogP contribution in [0, 0.1) is 0 Å². The average molecular weight is 264 g/mol. The maximum Gasteiger partial charge on any atom is 0.115 e. The molecule has 2 nitrogen and oxygen atoms in total. The van der Waals surface area contributed by atoms with E-state index in [0.29, 0.717) is 4.43 Å². The van der Waals surface area contributed by atoms with Crippen LogP contribution in [0.1, 0.15) is 11.7 Å². The molecule has 1 aromatic carbocycles. The fourth-order valence-electron chi connectivity index (χ4n) is 0.821. The van der Waals surface area contributed by atoms with Crippen LogP contribution in [-0.2, 0) is 0 Å². The first kappa shape index (κ1) is 8.80. The van der Waals surface area contributed by atoms with Crippen LogP contribution >= 0.6 is 22.6 Å². The number of aliphatic hydroxyl groups is 1. The van der Waals surface area contributed by atoms with Gasteiger partial charge in [0.1, 0.15) is 5.75 Å². The zero-order valence-corrected chi connectivity index (χ0v) is 8.02. The molecule has 3 heteroatoms. The highest BCUT2D eigenvalue weighted by molar-refractivity contribution is 14.1. The molecule has 0 spiro atoms. The van der Waals surface area contributed by atoms with E-state index in [1.165, 1.54) is 0 Å². The molecule has 0 aromatic heterocycles. The van der Waals surface area contributed by atoms with Crippen molar-refractivity contribution in [2.24, 2.45) is 0 Å². The van der Waals surface area contributed by atoms with Gasteiger partial charge in [-0.05, 0) is 17.7 Å². The molecular formula is C8H9IO2. The van der Waals surface area contributed by atoms with Gasteiger partial charge < -0.3 is 10.2 Å². The van der Waals surface area contributed by atoms with Crippen LogP contribution in [0.25, 0.3) is 0 Å². The van der Waals surface area contributed by atoms with Crippen molar-refractivity contribution in [3.63, 3.8) is 0 Å². The van der Waals surface area contributed by atoms with Crippen LogP contribution in [0.4, 0.5) is 0 Å². The first-order valence-corrected chi connectivity index (χ1v) is 4.79. The van der Waals surface area contributed by atoms with Gasteiger partial charge in [-0.1, -0.05) is 34.7 Å². The Morgan fingerprint density at radius 2 is 2.18 bits per heavy atom. The predicted octanol–water partition coefficient (Wildman–Crippen LogP) is 1.86. The third-order valence-electron chi connectivity index (χ3n) is 1.40. The van der Waals surface area contributed by atoms with Crippen molar-refractivity contribution in [2.75, 3.05) is 4.43 Å². The molecule has 0 radical (unpaired) electrons. The summed E-state index contributed by atoms with van der Waals surface area (Å²) in [5.41, 5.74) is 0.763. The molecule has 0 aliphatic carbocycles. The Balaban J connectivity index is 2.86. The van der Waals surface area contributed by atoms with Crippen molar-refractivity contribution in [1.29, 1.82) is 0 Å². The van der Waals surface area contributed by atoms with Crippen molar-refractivity contribution in [1.82, 2.24) is 0 Å². The van der Waals surface area contributed by atoms with Gasteiger partial charge in [0.25, 0.3) is 0 Å². The number of phenolic OH excluding ortho intramolecular Hbond substituents is 1. The number of alkyl halides is 1. The zero-order valence-electron chi connectivity index (χ0n) is 5.87. The summed E-state index contributed by atoms with van der Waals surface area (Å²) in [6, 6.07) is 6.68. The van der Waals surface area contributed by atoms with E-state index >= 15 is 0 Å². The number of aromatic hydroxyl groups is 1. The Labute approximate surface area is 79.0 Å². The minimum absolute atomic E-state index is 0.200. The molecular weight excluding hydrogens is 255 g/mol. The van der Waals surface area contributed by atoms with Gasteiger partial charge >= 0.3 is 0 Å². The van der Waals surface area contributed by atoms with Gasteiger partial charge in [-0.15, -0.1) is 0 Å². The maximum absolute atomic E-state index is 9.34. The second-order valence-electron chi connectivity index (χ2n) is 2.27. The highest BCUT2D eigenvalue weighted by Crippen LogP contribution is 2.19. The van der Waals surface area contributed by atoms with E-state index in [0.717, 1.165) is 5.56 Å². The lowest BCUT2D eigenvalue weighted by molar-refractivity contribution is 0.207. The molecule has 0 unspecified atom stereocenters. The van der Waals surface area contributed by atoms with Crippen LogP contribution in [-0.4, -0.2) is 14.6 Å². The van der Waals surface area contributed by atoms with Crippen molar-refractivity contribution in [3.8, 4) is 5.75 Å². The van der Waals surface area contributed by atoms with Crippen LogP contribution in [0.3, 0.4) is 0 Å². The maximum atomic E-state index is 9.34. The number of rotatable bonds is 2. The third-order valence-corrected chi connectivity index (χ3v) is 2.24. The van der Waals surface area contributed by atoms with Gasteiger partial charge in [0, 0.05) is 4.43 Å². The highest BCUT2D eigenvalue weighted by Gasteiger charge is 2.04. The van der Waals surface area contributed by atoms with E-state index < -0.39 is 6.10 Å². The number of benzene rings is 1. The summed E-state index contributed by atoms with van der Waals surface area (Å²) < 4.78 is 0.640. The number of hydrogen-bond donors (Lipinski definition) is 2. The second-order valence-corrected chi connectivity index (χ2v) is 3.15. The van der Waals surface area contributed by atoms with Crippen LogP contribution in [0.5, 0.6) is 5.75 Å².